The molecule has 2 aromatic heterocycles. The van der Waals surface area contributed by atoms with Crippen LogP contribution in [-0.4, -0.2) is 103 Å². The van der Waals surface area contributed by atoms with Crippen LogP contribution in [0, 0.1) is 35.5 Å². The van der Waals surface area contributed by atoms with E-state index in [2.05, 4.69) is 50.9 Å². The van der Waals surface area contributed by atoms with Crippen molar-refractivity contribution in [1.29, 1.82) is 0 Å². The lowest BCUT2D eigenvalue weighted by Crippen LogP contribution is -2.51. The molecule has 4 heterocycles. The number of nitrogens with one attached hydrogen (secondary N) is 3. The number of likely N-dealkylation sites (N-methyl/N-ethyl adjacent to an activating group) is 1. The second-order valence-corrected chi connectivity index (χ2v) is 16.4. The number of ether oxygens (including phenoxy) is 1. The lowest BCUT2D eigenvalue weighted by atomic mass is 10.0. The molecule has 2 aromatic carbocycles. The van der Waals surface area contributed by atoms with Gasteiger partial charge in [-0.2, -0.15) is 0 Å². The molecule has 0 spiro atoms. The monoisotopic (exact) mass is 790 g/mol. The number of carboxylic acid groups (broad SMARTS) is 1. The number of imidazole rings is 2. The molecule has 2 aliphatic rings. The summed E-state index contributed by atoms with van der Waals surface area (Å²) >= 11 is 0. The molecule has 58 heavy (non-hydrogen) atoms. The van der Waals surface area contributed by atoms with Crippen molar-refractivity contribution in [2.45, 2.75) is 78.6 Å². The molecule has 4 amide bonds. The fourth-order valence-electron chi connectivity index (χ4n) is 8.08. The highest BCUT2D eigenvalue weighted by Crippen LogP contribution is 2.37. The zero-order chi connectivity index (χ0) is 41.8. The van der Waals surface area contributed by atoms with Gasteiger partial charge in [-0.25, -0.2) is 19.6 Å². The molecule has 4 N–H and O–H groups in total. The number of H-pyrrole nitrogens is 2. The topological polar surface area (TPSA) is 177 Å². The second kappa shape index (κ2) is 17.6. The molecule has 6 atom stereocenters. The van der Waals surface area contributed by atoms with Gasteiger partial charge >= 0.3 is 12.2 Å². The minimum absolute atomic E-state index is 0.119. The zero-order valence-electron chi connectivity index (χ0n) is 34.4. The third kappa shape index (κ3) is 9.04. The van der Waals surface area contributed by atoms with Gasteiger partial charge in [0.15, 0.2) is 0 Å². The van der Waals surface area contributed by atoms with Gasteiger partial charge in [0.05, 0.1) is 43.0 Å². The maximum atomic E-state index is 13.7. The van der Waals surface area contributed by atoms with E-state index in [1.807, 2.05) is 81.1 Å². The number of methoxy groups -OCH3 is 1. The van der Waals surface area contributed by atoms with Gasteiger partial charge in [0, 0.05) is 31.3 Å². The van der Waals surface area contributed by atoms with Gasteiger partial charge in [-0.05, 0) is 71.9 Å². The van der Waals surface area contributed by atoms with Gasteiger partial charge in [-0.1, -0.05) is 77.6 Å². The van der Waals surface area contributed by atoms with Crippen LogP contribution in [0.2, 0.25) is 0 Å². The van der Waals surface area contributed by atoms with Crippen molar-refractivity contribution in [2.24, 2.45) is 23.7 Å². The normalized spacial score (nSPS) is 20.1. The Hall–Kier alpha value is -6.10. The number of carbonyl (C=O) groups excluding carboxylic acids is 3. The van der Waals surface area contributed by atoms with E-state index in [4.69, 9.17) is 4.74 Å². The molecule has 306 valence electrons. The van der Waals surface area contributed by atoms with Crippen molar-refractivity contribution in [1.82, 2.24) is 40.0 Å². The lowest BCUT2D eigenvalue weighted by Gasteiger charge is -2.33. The molecule has 0 saturated carbocycles. The summed E-state index contributed by atoms with van der Waals surface area (Å²) < 4.78 is 4.77. The van der Waals surface area contributed by atoms with E-state index in [-0.39, 0.29) is 47.6 Å². The van der Waals surface area contributed by atoms with Crippen LogP contribution in [0.1, 0.15) is 89.2 Å². The first-order valence-electron chi connectivity index (χ1n) is 19.9. The van der Waals surface area contributed by atoms with E-state index in [0.717, 1.165) is 51.4 Å². The Morgan fingerprint density at radius 2 is 1.22 bits per heavy atom. The van der Waals surface area contributed by atoms with Gasteiger partial charge in [0.1, 0.15) is 23.7 Å². The van der Waals surface area contributed by atoms with Gasteiger partial charge in [0.2, 0.25) is 11.8 Å². The Balaban J connectivity index is 1.10. The third-order valence-corrected chi connectivity index (χ3v) is 11.1. The van der Waals surface area contributed by atoms with E-state index in [1.54, 1.807) is 17.3 Å². The van der Waals surface area contributed by atoms with Crippen molar-refractivity contribution >= 4 is 24.0 Å². The fourth-order valence-corrected chi connectivity index (χ4v) is 8.08. The molecule has 6 rings (SSSR count). The van der Waals surface area contributed by atoms with Crippen molar-refractivity contribution in [3.8, 4) is 34.4 Å². The average molecular weight is 791 g/mol. The van der Waals surface area contributed by atoms with E-state index in [9.17, 15) is 24.3 Å². The summed E-state index contributed by atoms with van der Waals surface area (Å²) in [7, 11) is 2.73. The number of likely N-dealkylation sites (tertiary alicyclic amines) is 2. The van der Waals surface area contributed by atoms with Gasteiger partial charge in [-0.15, -0.1) is 0 Å². The van der Waals surface area contributed by atoms with Crippen LogP contribution in [0.15, 0.2) is 60.9 Å². The molecule has 14 heteroatoms. The third-order valence-electron chi connectivity index (χ3n) is 11.1. The van der Waals surface area contributed by atoms with E-state index in [1.165, 1.54) is 14.2 Å². The van der Waals surface area contributed by atoms with Crippen LogP contribution in [0.3, 0.4) is 0 Å². The number of carbonyl (C=O) groups is 4. The van der Waals surface area contributed by atoms with Crippen LogP contribution in [-0.2, 0) is 14.3 Å². The summed E-state index contributed by atoms with van der Waals surface area (Å²) in [5, 5.41) is 12.3. The molecule has 4 aromatic rings. The van der Waals surface area contributed by atoms with E-state index in [0.29, 0.717) is 24.7 Å². The highest BCUT2D eigenvalue weighted by molar-refractivity contribution is 5.87. The number of rotatable bonds is 10. The van der Waals surface area contributed by atoms with Crippen molar-refractivity contribution < 1.29 is 29.0 Å². The summed E-state index contributed by atoms with van der Waals surface area (Å²) in [6.45, 7) is 12.8. The summed E-state index contributed by atoms with van der Waals surface area (Å²) in [6, 6.07) is 13.8. The Morgan fingerprint density at radius 3 is 1.62 bits per heavy atom. The van der Waals surface area contributed by atoms with Crippen molar-refractivity contribution in [3.63, 3.8) is 0 Å². The number of benzene rings is 2. The van der Waals surface area contributed by atoms with Crippen LogP contribution < -0.4 is 5.32 Å². The summed E-state index contributed by atoms with van der Waals surface area (Å²) in [5.74, 6) is 7.74. The zero-order valence-corrected chi connectivity index (χ0v) is 34.4. The smallest absolute Gasteiger partial charge is 0.407 e. The molecule has 2 unspecified atom stereocenters. The molecule has 0 radical (unpaired) electrons. The standard InChI is InChI=1S/C44H54N8O6/c1-25(2)37(49-43(55)58-8)41(53)51-23-27(5)19-35(51)39-45-21-33(47-39)31-15-11-29(12-16-31)9-10-30-13-17-32(18-14-30)34-22-46-40(48-34)36-20-28(6)24-52(36)42(54)38(26(3)4)50(7)44(56)57/h11-18,21-22,25-28,35-38H,19-20,23-24H2,1-8H3,(H,45,47)(H,46,48)(H,49,55)(H,56,57)/t27?,28-,35?,36-,37-,38-/m0/s1. The first-order chi connectivity index (χ1) is 27.6. The number of alkyl carbamates (subject to hydrolysis) is 1. The first kappa shape index (κ1) is 41.5. The molecule has 14 nitrogen and oxygen atoms in total. The SMILES string of the molecule is COC(=O)N[C@H](C(=O)N1CC(C)CC1c1ncc(-c2ccc(C#Cc3ccc(-c4cnc([C@@H]5C[C@H](C)CN5C(=O)[C@H](C(C)C)N(C)C(=O)O)[nH]4)cc3)cc2)[nH]1)C(C)C. The minimum Gasteiger partial charge on any atom is -0.465 e. The largest absolute Gasteiger partial charge is 0.465 e. The molecule has 2 fully saturated rings. The molecular weight excluding hydrogens is 737 g/mol. The maximum Gasteiger partial charge on any atom is 0.407 e. The van der Waals surface area contributed by atoms with Crippen LogP contribution >= 0.6 is 0 Å². The number of aromatic amines is 2. The Kier molecular flexibility index (Phi) is 12.6. The van der Waals surface area contributed by atoms with Gasteiger partial charge in [-0.3, -0.25) is 14.5 Å². The summed E-state index contributed by atoms with van der Waals surface area (Å²) in [4.78, 5) is 72.0. The summed E-state index contributed by atoms with van der Waals surface area (Å²) in [6.07, 6.45) is 3.28. The predicted octanol–water partition coefficient (Wildman–Crippen LogP) is 6.70. The molecular formula is C44H54N8O6. The molecule has 2 saturated heterocycles. The Labute approximate surface area is 339 Å². The number of aromatic nitrogens is 4. The molecule has 2 aliphatic heterocycles. The highest BCUT2D eigenvalue weighted by Gasteiger charge is 2.42. The molecule has 0 bridgehead atoms. The fraction of sp³-hybridized carbons (Fsp3) is 0.455. The van der Waals surface area contributed by atoms with Crippen molar-refractivity contribution in [2.75, 3.05) is 27.2 Å². The van der Waals surface area contributed by atoms with Crippen LogP contribution in [0.4, 0.5) is 9.59 Å². The van der Waals surface area contributed by atoms with Gasteiger partial charge < -0.3 is 34.9 Å². The van der Waals surface area contributed by atoms with Gasteiger partial charge in [0.25, 0.3) is 0 Å². The predicted molar refractivity (Wildman–Crippen MR) is 219 cm³/mol. The quantitative estimate of drug-likeness (QED) is 0.128. The maximum absolute atomic E-state index is 13.7. The number of amides is 4. The second-order valence-electron chi connectivity index (χ2n) is 16.4. The molecule has 0 aliphatic carbocycles. The highest BCUT2D eigenvalue weighted by atomic mass is 16.5. The van der Waals surface area contributed by atoms with Crippen LogP contribution in [0.5, 0.6) is 0 Å². The van der Waals surface area contributed by atoms with E-state index < -0.39 is 24.3 Å². The Morgan fingerprint density at radius 1 is 0.776 bits per heavy atom. The number of hydrogen-bond acceptors (Lipinski definition) is 7. The average Bonchev–Trinajstić information content (AvgIpc) is 4.02. The van der Waals surface area contributed by atoms with Crippen molar-refractivity contribution in [3.05, 3.63) is 83.7 Å². The Bertz CT molecular complexity index is 2160. The minimum atomic E-state index is -1.13. The van der Waals surface area contributed by atoms with Crippen LogP contribution in [0.25, 0.3) is 22.5 Å². The lowest BCUT2D eigenvalue weighted by molar-refractivity contribution is -0.138. The number of nitrogens with zero attached hydrogens (tertiary/aromatic N) is 5. The van der Waals surface area contributed by atoms with E-state index >= 15 is 0 Å². The summed E-state index contributed by atoms with van der Waals surface area (Å²) in [5.41, 5.74) is 5.22. The first-order valence-corrected chi connectivity index (χ1v) is 19.9. The number of hydrogen-bond donors (Lipinski definition) is 4.